The fourth-order valence-corrected chi connectivity index (χ4v) is 1.34. The SMILES string of the molecule is Nc1ccc(N)c2c1[n+]([O-])cc[n+]2[O-]. The molecule has 14 heavy (non-hydrogen) atoms. The van der Waals surface area contributed by atoms with E-state index in [-0.39, 0.29) is 22.4 Å². The molecule has 0 aliphatic rings. The van der Waals surface area contributed by atoms with Crippen LogP contribution in [0.25, 0.3) is 11.0 Å². The van der Waals surface area contributed by atoms with Crippen LogP contribution in [-0.4, -0.2) is 0 Å². The number of aromatic nitrogens is 2. The number of nitrogens with two attached hydrogens (primary N) is 2. The van der Waals surface area contributed by atoms with E-state index in [1.807, 2.05) is 0 Å². The maximum Gasteiger partial charge on any atom is 0.315 e. The molecule has 0 bridgehead atoms. The molecule has 4 N–H and O–H groups in total. The maximum absolute atomic E-state index is 11.3. The number of benzene rings is 1. The minimum atomic E-state index is 0.0995. The normalized spacial score (nSPS) is 10.6. The average molecular weight is 192 g/mol. The topological polar surface area (TPSA) is 106 Å². The van der Waals surface area contributed by atoms with Gasteiger partial charge in [0.2, 0.25) is 12.4 Å². The Kier molecular flexibility index (Phi) is 1.57. The summed E-state index contributed by atoms with van der Waals surface area (Å²) in [4.78, 5) is 0. The summed E-state index contributed by atoms with van der Waals surface area (Å²) in [7, 11) is 0. The van der Waals surface area contributed by atoms with E-state index < -0.39 is 0 Å². The molecule has 0 aliphatic carbocycles. The first kappa shape index (κ1) is 8.36. The molecule has 1 aromatic carbocycles. The summed E-state index contributed by atoms with van der Waals surface area (Å²) < 4.78 is 1.05. The number of fused-ring (bicyclic) bond motifs is 1. The number of hydrogen-bond acceptors (Lipinski definition) is 4. The van der Waals surface area contributed by atoms with Crippen LogP contribution < -0.4 is 20.9 Å². The lowest BCUT2D eigenvalue weighted by Crippen LogP contribution is -2.38. The summed E-state index contributed by atoms with van der Waals surface area (Å²) >= 11 is 0. The number of hydrogen-bond donors (Lipinski definition) is 2. The molecule has 2 rings (SSSR count). The van der Waals surface area contributed by atoms with Crippen LogP contribution in [0.15, 0.2) is 24.5 Å². The van der Waals surface area contributed by atoms with E-state index in [4.69, 9.17) is 11.5 Å². The lowest BCUT2D eigenvalue weighted by atomic mass is 10.2. The highest BCUT2D eigenvalue weighted by atomic mass is 16.5. The van der Waals surface area contributed by atoms with E-state index in [1.165, 1.54) is 12.1 Å². The molecule has 6 heteroatoms. The summed E-state index contributed by atoms with van der Waals surface area (Å²) in [5.74, 6) is 0. The fraction of sp³-hybridized carbons (Fsp3) is 0. The van der Waals surface area contributed by atoms with Crippen LogP contribution in [0.2, 0.25) is 0 Å². The monoisotopic (exact) mass is 192 g/mol. The standard InChI is InChI=1S/C8H8N4O2/c9-5-1-2-6(10)8-7(5)11(13)3-4-12(8)14/h1-4H,9-10H2. The van der Waals surface area contributed by atoms with Gasteiger partial charge in [0.15, 0.2) is 0 Å². The lowest BCUT2D eigenvalue weighted by molar-refractivity contribution is -0.628. The number of nitrogens with zero attached hydrogens (tertiary/aromatic N) is 2. The highest BCUT2D eigenvalue weighted by molar-refractivity contribution is 5.90. The summed E-state index contributed by atoms with van der Waals surface area (Å²) in [5.41, 5.74) is 11.8. The summed E-state index contributed by atoms with van der Waals surface area (Å²) in [6.45, 7) is 0. The molecule has 0 atom stereocenters. The Hall–Kier alpha value is -2.24. The van der Waals surface area contributed by atoms with Gasteiger partial charge in [0, 0.05) is 0 Å². The first-order chi connectivity index (χ1) is 6.61. The van der Waals surface area contributed by atoms with Gasteiger partial charge in [-0.25, -0.2) is 0 Å². The van der Waals surface area contributed by atoms with Gasteiger partial charge in [-0.2, -0.15) is 9.46 Å². The Bertz CT molecular complexity index is 423. The molecule has 0 fully saturated rings. The van der Waals surface area contributed by atoms with Gasteiger partial charge in [-0.15, -0.1) is 0 Å². The van der Waals surface area contributed by atoms with Gasteiger partial charge in [0.25, 0.3) is 0 Å². The van der Waals surface area contributed by atoms with Crippen LogP contribution in [0.5, 0.6) is 0 Å². The Morgan fingerprint density at radius 1 is 0.857 bits per heavy atom. The molecular formula is C8H8N4O2. The van der Waals surface area contributed by atoms with Crippen molar-refractivity contribution in [1.82, 2.24) is 0 Å². The van der Waals surface area contributed by atoms with Crippen molar-refractivity contribution in [2.75, 3.05) is 11.5 Å². The Balaban J connectivity index is 3.05. The van der Waals surface area contributed by atoms with Gasteiger partial charge in [0.1, 0.15) is 11.4 Å². The Morgan fingerprint density at radius 3 is 1.57 bits per heavy atom. The van der Waals surface area contributed by atoms with E-state index in [0.29, 0.717) is 9.46 Å². The van der Waals surface area contributed by atoms with Crippen molar-refractivity contribution in [1.29, 1.82) is 0 Å². The molecular weight excluding hydrogens is 184 g/mol. The molecule has 0 amide bonds. The largest absolute Gasteiger partial charge is 0.618 e. The van der Waals surface area contributed by atoms with E-state index >= 15 is 0 Å². The highest BCUT2D eigenvalue weighted by Crippen LogP contribution is 2.19. The van der Waals surface area contributed by atoms with Crippen molar-refractivity contribution in [2.24, 2.45) is 0 Å². The van der Waals surface area contributed by atoms with Crippen molar-refractivity contribution in [3.8, 4) is 0 Å². The molecule has 0 unspecified atom stereocenters. The van der Waals surface area contributed by atoms with Gasteiger partial charge in [-0.3, -0.25) is 0 Å². The first-order valence-corrected chi connectivity index (χ1v) is 3.90. The van der Waals surface area contributed by atoms with Crippen LogP contribution in [0, 0.1) is 10.4 Å². The predicted octanol–water partition coefficient (Wildman–Crippen LogP) is -0.729. The van der Waals surface area contributed by atoms with Crippen LogP contribution in [0.4, 0.5) is 11.4 Å². The van der Waals surface area contributed by atoms with Crippen molar-refractivity contribution in [3.63, 3.8) is 0 Å². The third-order valence-corrected chi connectivity index (χ3v) is 1.99. The van der Waals surface area contributed by atoms with Gasteiger partial charge in [-0.1, -0.05) is 0 Å². The van der Waals surface area contributed by atoms with E-state index in [2.05, 4.69) is 0 Å². The number of nitrogen functional groups attached to an aromatic ring is 2. The predicted molar refractivity (Wildman–Crippen MR) is 50.7 cm³/mol. The minimum Gasteiger partial charge on any atom is -0.618 e. The second-order valence-corrected chi connectivity index (χ2v) is 2.89. The molecule has 2 aromatic rings. The lowest BCUT2D eigenvalue weighted by Gasteiger charge is -2.05. The molecule has 6 nitrogen and oxygen atoms in total. The zero-order valence-corrected chi connectivity index (χ0v) is 7.18. The van der Waals surface area contributed by atoms with Gasteiger partial charge in [-0.05, 0) is 12.1 Å². The van der Waals surface area contributed by atoms with E-state index in [9.17, 15) is 10.4 Å². The quantitative estimate of drug-likeness (QED) is 0.326. The molecule has 0 radical (unpaired) electrons. The second kappa shape index (κ2) is 2.63. The van der Waals surface area contributed by atoms with Crippen molar-refractivity contribution >= 4 is 22.4 Å². The van der Waals surface area contributed by atoms with Crippen LogP contribution in [0.1, 0.15) is 0 Å². The molecule has 0 spiro atoms. The van der Waals surface area contributed by atoms with Crippen molar-refractivity contribution in [2.45, 2.75) is 0 Å². The molecule has 0 aliphatic heterocycles. The van der Waals surface area contributed by atoms with Crippen molar-refractivity contribution < 1.29 is 9.46 Å². The Morgan fingerprint density at radius 2 is 1.21 bits per heavy atom. The summed E-state index contributed by atoms with van der Waals surface area (Å²) in [6, 6.07) is 2.98. The number of rotatable bonds is 0. The molecule has 1 aromatic heterocycles. The van der Waals surface area contributed by atoms with Crippen molar-refractivity contribution in [3.05, 3.63) is 34.9 Å². The highest BCUT2D eigenvalue weighted by Gasteiger charge is 2.18. The average Bonchev–Trinajstić information content (AvgIpc) is 2.16. The first-order valence-electron chi connectivity index (χ1n) is 3.90. The fourth-order valence-electron chi connectivity index (χ4n) is 1.34. The smallest absolute Gasteiger partial charge is 0.315 e. The maximum atomic E-state index is 11.3. The summed E-state index contributed by atoms with van der Waals surface area (Å²) in [5, 5.41) is 22.7. The van der Waals surface area contributed by atoms with Gasteiger partial charge >= 0.3 is 11.0 Å². The summed E-state index contributed by atoms with van der Waals surface area (Å²) in [6.07, 6.45) is 2.18. The molecule has 0 saturated heterocycles. The van der Waals surface area contributed by atoms with Gasteiger partial charge < -0.3 is 21.9 Å². The minimum absolute atomic E-state index is 0.0995. The zero-order valence-electron chi connectivity index (χ0n) is 7.18. The van der Waals surface area contributed by atoms with Crippen LogP contribution in [-0.2, 0) is 0 Å². The third kappa shape index (κ3) is 0.972. The number of anilines is 2. The van der Waals surface area contributed by atoms with E-state index in [1.54, 1.807) is 0 Å². The second-order valence-electron chi connectivity index (χ2n) is 2.89. The van der Waals surface area contributed by atoms with Crippen LogP contribution >= 0.6 is 0 Å². The molecule has 72 valence electrons. The zero-order chi connectivity index (χ0) is 10.3. The Labute approximate surface area is 79.1 Å². The van der Waals surface area contributed by atoms with E-state index in [0.717, 1.165) is 12.4 Å². The third-order valence-electron chi connectivity index (χ3n) is 1.99. The van der Waals surface area contributed by atoms with Crippen LogP contribution in [0.3, 0.4) is 0 Å². The molecule has 0 saturated carbocycles. The van der Waals surface area contributed by atoms with Gasteiger partial charge in [0.05, 0.1) is 0 Å². The molecule has 1 heterocycles.